The number of aliphatic hydroxyl groups excluding tert-OH is 1. The van der Waals surface area contributed by atoms with Gasteiger partial charge in [0.25, 0.3) is 0 Å². The van der Waals surface area contributed by atoms with Crippen molar-refractivity contribution in [1.82, 2.24) is 10.3 Å². The number of thiazole rings is 1. The first-order chi connectivity index (χ1) is 6.27. The number of aryl methyl sites for hydroxylation is 1. The molecule has 2 heterocycles. The van der Waals surface area contributed by atoms with Crippen LogP contribution in [0.3, 0.4) is 0 Å². The van der Waals surface area contributed by atoms with E-state index in [1.807, 2.05) is 12.3 Å². The fourth-order valence-electron chi connectivity index (χ4n) is 1.70. The van der Waals surface area contributed by atoms with Crippen LogP contribution in [0, 0.1) is 6.92 Å². The second kappa shape index (κ2) is 3.74. The number of nitrogens with zero attached hydrogens (tertiary/aromatic N) is 1. The minimum Gasteiger partial charge on any atom is -0.385 e. The zero-order valence-electron chi connectivity index (χ0n) is 7.66. The van der Waals surface area contributed by atoms with Gasteiger partial charge in [-0.25, -0.2) is 4.98 Å². The van der Waals surface area contributed by atoms with Crippen LogP contribution in [0.1, 0.15) is 29.6 Å². The number of hydrogen-bond acceptors (Lipinski definition) is 4. The average molecular weight is 198 g/mol. The third kappa shape index (κ3) is 1.90. The normalized spacial score (nSPS) is 24.9. The van der Waals surface area contributed by atoms with Crippen molar-refractivity contribution in [2.45, 2.75) is 31.9 Å². The molecule has 0 saturated carbocycles. The summed E-state index contributed by atoms with van der Waals surface area (Å²) < 4.78 is 0. The molecule has 72 valence electrons. The highest BCUT2D eigenvalue weighted by Gasteiger charge is 2.25. The van der Waals surface area contributed by atoms with E-state index in [4.69, 9.17) is 0 Å². The molecular formula is C9H14N2OS. The maximum Gasteiger partial charge on any atom is 0.112 e. The fraction of sp³-hybridized carbons (Fsp3) is 0.667. The molecule has 1 aliphatic rings. The molecule has 1 aromatic rings. The van der Waals surface area contributed by atoms with Gasteiger partial charge >= 0.3 is 0 Å². The lowest BCUT2D eigenvalue weighted by Crippen LogP contribution is -2.28. The highest BCUT2D eigenvalue weighted by atomic mass is 32.1. The van der Waals surface area contributed by atoms with Crippen molar-refractivity contribution in [2.24, 2.45) is 0 Å². The number of rotatable bonds is 2. The summed E-state index contributed by atoms with van der Waals surface area (Å²) in [5, 5.41) is 16.2. The van der Waals surface area contributed by atoms with E-state index in [-0.39, 0.29) is 6.04 Å². The van der Waals surface area contributed by atoms with Crippen LogP contribution in [0.5, 0.6) is 0 Å². The lowest BCUT2D eigenvalue weighted by Gasteiger charge is -2.15. The Hall–Kier alpha value is -0.450. The quantitative estimate of drug-likeness (QED) is 0.751. The summed E-state index contributed by atoms with van der Waals surface area (Å²) in [5.41, 5.74) is 0.821. The molecule has 13 heavy (non-hydrogen) atoms. The highest BCUT2D eigenvalue weighted by molar-refractivity contribution is 7.09. The van der Waals surface area contributed by atoms with Gasteiger partial charge in [0.1, 0.15) is 6.10 Å². The van der Waals surface area contributed by atoms with Crippen LogP contribution in [-0.2, 0) is 0 Å². The van der Waals surface area contributed by atoms with Gasteiger partial charge in [-0.15, -0.1) is 11.3 Å². The standard InChI is InChI=1S/C9H14N2OS/c1-6-11-8(5-13-6)9(12)7-3-2-4-10-7/h5,7,9-10,12H,2-4H2,1H3/t7-,9?/m0/s1. The van der Waals surface area contributed by atoms with E-state index < -0.39 is 6.10 Å². The molecule has 1 saturated heterocycles. The Bertz CT molecular complexity index is 281. The summed E-state index contributed by atoms with van der Waals surface area (Å²) in [6, 6.07) is 0.210. The monoisotopic (exact) mass is 198 g/mol. The molecule has 0 amide bonds. The summed E-state index contributed by atoms with van der Waals surface area (Å²) in [6.45, 7) is 2.98. The Morgan fingerprint density at radius 1 is 1.77 bits per heavy atom. The van der Waals surface area contributed by atoms with Gasteiger partial charge in [-0.2, -0.15) is 0 Å². The van der Waals surface area contributed by atoms with Crippen LogP contribution in [0.15, 0.2) is 5.38 Å². The second-order valence-corrected chi connectivity index (χ2v) is 4.50. The van der Waals surface area contributed by atoms with Crippen molar-refractivity contribution >= 4 is 11.3 Å². The first-order valence-electron chi connectivity index (χ1n) is 4.61. The van der Waals surface area contributed by atoms with Crippen LogP contribution >= 0.6 is 11.3 Å². The lowest BCUT2D eigenvalue weighted by atomic mass is 10.1. The minimum atomic E-state index is -0.424. The number of hydrogen-bond donors (Lipinski definition) is 2. The molecule has 1 aromatic heterocycles. The average Bonchev–Trinajstić information content (AvgIpc) is 2.72. The maximum atomic E-state index is 9.92. The minimum absolute atomic E-state index is 0.210. The zero-order chi connectivity index (χ0) is 9.26. The number of nitrogens with one attached hydrogen (secondary N) is 1. The van der Waals surface area contributed by atoms with Crippen molar-refractivity contribution in [3.8, 4) is 0 Å². The van der Waals surface area contributed by atoms with Gasteiger partial charge in [-0.05, 0) is 26.3 Å². The first-order valence-corrected chi connectivity index (χ1v) is 5.49. The first kappa shape index (κ1) is 9.12. The van der Waals surface area contributed by atoms with Crippen LogP contribution in [-0.4, -0.2) is 22.7 Å². The molecule has 0 radical (unpaired) electrons. The van der Waals surface area contributed by atoms with Gasteiger partial charge in [-0.1, -0.05) is 0 Å². The third-order valence-electron chi connectivity index (χ3n) is 2.42. The highest BCUT2D eigenvalue weighted by Crippen LogP contribution is 2.23. The maximum absolute atomic E-state index is 9.92. The van der Waals surface area contributed by atoms with Gasteiger partial charge in [0, 0.05) is 11.4 Å². The van der Waals surface area contributed by atoms with E-state index in [1.54, 1.807) is 11.3 Å². The molecule has 0 aliphatic carbocycles. The van der Waals surface area contributed by atoms with Crippen LogP contribution in [0.25, 0.3) is 0 Å². The van der Waals surface area contributed by atoms with E-state index in [0.717, 1.165) is 30.1 Å². The Labute approximate surface area is 81.8 Å². The SMILES string of the molecule is Cc1nc(C(O)[C@@H]2CCCN2)cs1. The van der Waals surface area contributed by atoms with Crippen molar-refractivity contribution in [2.75, 3.05) is 6.54 Å². The Balaban J connectivity index is 2.07. The number of aliphatic hydroxyl groups is 1. The summed E-state index contributed by atoms with van der Waals surface area (Å²) in [5.74, 6) is 0. The Morgan fingerprint density at radius 3 is 3.15 bits per heavy atom. The van der Waals surface area contributed by atoms with E-state index in [2.05, 4.69) is 10.3 Å². The number of aromatic nitrogens is 1. The summed E-state index contributed by atoms with van der Waals surface area (Å²) in [6.07, 6.45) is 1.79. The van der Waals surface area contributed by atoms with Crippen molar-refractivity contribution in [3.63, 3.8) is 0 Å². The molecular weight excluding hydrogens is 184 g/mol. The smallest absolute Gasteiger partial charge is 0.112 e. The van der Waals surface area contributed by atoms with Gasteiger partial charge in [0.15, 0.2) is 0 Å². The van der Waals surface area contributed by atoms with E-state index >= 15 is 0 Å². The van der Waals surface area contributed by atoms with Crippen LogP contribution in [0.4, 0.5) is 0 Å². The molecule has 1 aliphatic heterocycles. The third-order valence-corrected chi connectivity index (χ3v) is 3.21. The fourth-order valence-corrected chi connectivity index (χ4v) is 2.34. The molecule has 2 rings (SSSR count). The molecule has 1 fully saturated rings. The molecule has 3 nitrogen and oxygen atoms in total. The van der Waals surface area contributed by atoms with E-state index in [0.29, 0.717) is 0 Å². The second-order valence-electron chi connectivity index (χ2n) is 3.44. The molecule has 1 unspecified atom stereocenters. The van der Waals surface area contributed by atoms with E-state index in [1.165, 1.54) is 0 Å². The van der Waals surface area contributed by atoms with Crippen molar-refractivity contribution < 1.29 is 5.11 Å². The molecule has 0 spiro atoms. The zero-order valence-corrected chi connectivity index (χ0v) is 8.47. The summed E-state index contributed by atoms with van der Waals surface area (Å²) in [4.78, 5) is 4.28. The predicted octanol–water partition coefficient (Wildman–Crippen LogP) is 1.24. The van der Waals surface area contributed by atoms with Gasteiger partial charge in [0.05, 0.1) is 10.7 Å². The predicted molar refractivity (Wildman–Crippen MR) is 52.8 cm³/mol. The van der Waals surface area contributed by atoms with Crippen LogP contribution in [0.2, 0.25) is 0 Å². The Morgan fingerprint density at radius 2 is 2.62 bits per heavy atom. The summed E-state index contributed by atoms with van der Waals surface area (Å²) >= 11 is 1.59. The lowest BCUT2D eigenvalue weighted by molar-refractivity contribution is 0.133. The van der Waals surface area contributed by atoms with E-state index in [9.17, 15) is 5.11 Å². The van der Waals surface area contributed by atoms with Crippen molar-refractivity contribution in [3.05, 3.63) is 16.1 Å². The molecule has 0 aromatic carbocycles. The van der Waals surface area contributed by atoms with Gasteiger partial charge in [-0.3, -0.25) is 0 Å². The molecule has 4 heteroatoms. The topological polar surface area (TPSA) is 45.2 Å². The molecule has 0 bridgehead atoms. The van der Waals surface area contributed by atoms with Gasteiger partial charge < -0.3 is 10.4 Å². The molecule has 2 atom stereocenters. The summed E-state index contributed by atoms with van der Waals surface area (Å²) in [7, 11) is 0. The van der Waals surface area contributed by atoms with Gasteiger partial charge in [0.2, 0.25) is 0 Å². The Kier molecular flexibility index (Phi) is 2.62. The van der Waals surface area contributed by atoms with Crippen molar-refractivity contribution in [1.29, 1.82) is 0 Å². The largest absolute Gasteiger partial charge is 0.385 e. The van der Waals surface area contributed by atoms with Crippen LogP contribution < -0.4 is 5.32 Å². The molecule has 2 N–H and O–H groups in total.